The number of benzene rings is 1. The van der Waals surface area contributed by atoms with E-state index in [-0.39, 0.29) is 0 Å². The van der Waals surface area contributed by atoms with E-state index in [1.54, 1.807) is 11.8 Å². The van der Waals surface area contributed by atoms with Crippen molar-refractivity contribution < 1.29 is 4.74 Å². The highest BCUT2D eigenvalue weighted by molar-refractivity contribution is 7.99. The first-order valence-corrected chi connectivity index (χ1v) is 11.0. The number of aryl methyl sites for hydroxylation is 1. The molecule has 0 bridgehead atoms. The summed E-state index contributed by atoms with van der Waals surface area (Å²) in [6.07, 6.45) is 3.44. The van der Waals surface area contributed by atoms with E-state index in [9.17, 15) is 0 Å². The summed E-state index contributed by atoms with van der Waals surface area (Å²) in [5.41, 5.74) is 3.00. The molecule has 3 heterocycles. The van der Waals surface area contributed by atoms with Gasteiger partial charge in [0.25, 0.3) is 0 Å². The first-order chi connectivity index (χ1) is 13.7. The lowest BCUT2D eigenvalue weighted by Crippen LogP contribution is -2.34. The standard InChI is InChI=1S/C21H27N5OS/c1-3-28-21-22-18-6-5-17(14-19(18)23-21)27-13-10-16-8-11-26(12-9-16)20-7-4-15(2)24-25-20/h4-7,14,16H,3,8-13H2,1-2H3,(H,22,23). The van der Waals surface area contributed by atoms with Crippen LogP contribution >= 0.6 is 11.8 Å². The summed E-state index contributed by atoms with van der Waals surface area (Å²) in [5, 5.41) is 9.45. The van der Waals surface area contributed by atoms with Gasteiger partial charge in [-0.1, -0.05) is 18.7 Å². The number of H-pyrrole nitrogens is 1. The van der Waals surface area contributed by atoms with Crippen LogP contribution in [-0.4, -0.2) is 45.6 Å². The molecule has 0 aliphatic carbocycles. The second-order valence-corrected chi connectivity index (χ2v) is 8.51. The number of imidazole rings is 1. The number of ether oxygens (including phenoxy) is 1. The molecular weight excluding hydrogens is 370 g/mol. The molecule has 1 aliphatic heterocycles. The minimum Gasteiger partial charge on any atom is -0.494 e. The molecule has 0 unspecified atom stereocenters. The van der Waals surface area contributed by atoms with Crippen molar-refractivity contribution in [1.29, 1.82) is 0 Å². The molecule has 0 radical (unpaired) electrons. The third-order valence-electron chi connectivity index (χ3n) is 5.23. The summed E-state index contributed by atoms with van der Waals surface area (Å²) < 4.78 is 6.02. The van der Waals surface area contributed by atoms with Crippen LogP contribution in [-0.2, 0) is 0 Å². The van der Waals surface area contributed by atoms with E-state index in [0.717, 1.165) is 65.3 Å². The van der Waals surface area contributed by atoms with Crippen molar-refractivity contribution in [3.05, 3.63) is 36.0 Å². The number of rotatable bonds is 7. The van der Waals surface area contributed by atoms with Gasteiger partial charge in [0.2, 0.25) is 0 Å². The van der Waals surface area contributed by atoms with Gasteiger partial charge in [0.1, 0.15) is 5.75 Å². The predicted molar refractivity (Wildman–Crippen MR) is 114 cm³/mol. The molecule has 1 fully saturated rings. The van der Waals surface area contributed by atoms with Crippen LogP contribution in [0.5, 0.6) is 5.75 Å². The van der Waals surface area contributed by atoms with E-state index in [1.165, 1.54) is 12.8 Å². The van der Waals surface area contributed by atoms with Crippen molar-refractivity contribution in [2.75, 3.05) is 30.3 Å². The lowest BCUT2D eigenvalue weighted by molar-refractivity contribution is 0.258. The van der Waals surface area contributed by atoms with Crippen LogP contribution < -0.4 is 9.64 Å². The van der Waals surface area contributed by atoms with E-state index in [1.807, 2.05) is 25.1 Å². The summed E-state index contributed by atoms with van der Waals surface area (Å²) in [7, 11) is 0. The Labute approximate surface area is 170 Å². The first kappa shape index (κ1) is 19.1. The van der Waals surface area contributed by atoms with Gasteiger partial charge in [0, 0.05) is 19.2 Å². The second kappa shape index (κ2) is 8.82. The number of nitrogens with zero attached hydrogens (tertiary/aromatic N) is 4. The van der Waals surface area contributed by atoms with Crippen molar-refractivity contribution in [2.45, 2.75) is 38.3 Å². The van der Waals surface area contributed by atoms with E-state index < -0.39 is 0 Å². The largest absolute Gasteiger partial charge is 0.494 e. The maximum absolute atomic E-state index is 6.02. The molecule has 0 atom stereocenters. The van der Waals surface area contributed by atoms with Gasteiger partial charge < -0.3 is 14.6 Å². The molecule has 0 saturated carbocycles. The van der Waals surface area contributed by atoms with Crippen LogP contribution in [0.25, 0.3) is 11.0 Å². The van der Waals surface area contributed by atoms with Gasteiger partial charge in [0.05, 0.1) is 23.3 Å². The van der Waals surface area contributed by atoms with Crippen LogP contribution in [0.4, 0.5) is 5.82 Å². The fraction of sp³-hybridized carbons (Fsp3) is 0.476. The maximum Gasteiger partial charge on any atom is 0.166 e. The Bertz CT molecular complexity index is 903. The molecule has 3 aromatic rings. The molecule has 6 nitrogen and oxygen atoms in total. The normalized spacial score (nSPS) is 15.3. The SMILES string of the molecule is CCSc1nc2ccc(OCCC3CCN(c4ccc(C)nn4)CC3)cc2[nH]1. The summed E-state index contributed by atoms with van der Waals surface area (Å²) in [5.74, 6) is 3.63. The Morgan fingerprint density at radius 3 is 2.79 bits per heavy atom. The molecule has 28 heavy (non-hydrogen) atoms. The Morgan fingerprint density at radius 2 is 2.04 bits per heavy atom. The molecule has 1 aliphatic rings. The van der Waals surface area contributed by atoms with E-state index in [2.05, 4.69) is 44.1 Å². The van der Waals surface area contributed by atoms with Crippen molar-refractivity contribution >= 4 is 28.6 Å². The fourth-order valence-electron chi connectivity index (χ4n) is 3.61. The van der Waals surface area contributed by atoms with E-state index in [0.29, 0.717) is 5.92 Å². The molecule has 0 amide bonds. The number of hydrogen-bond donors (Lipinski definition) is 1. The van der Waals surface area contributed by atoms with Gasteiger partial charge in [0.15, 0.2) is 11.0 Å². The summed E-state index contributed by atoms with van der Waals surface area (Å²) in [4.78, 5) is 10.3. The zero-order chi connectivity index (χ0) is 19.3. The quantitative estimate of drug-likeness (QED) is 0.594. The monoisotopic (exact) mass is 397 g/mol. The van der Waals surface area contributed by atoms with Crippen molar-refractivity contribution in [1.82, 2.24) is 20.2 Å². The summed E-state index contributed by atoms with van der Waals surface area (Å²) in [6, 6.07) is 10.2. The molecule has 1 N–H and O–H groups in total. The van der Waals surface area contributed by atoms with Gasteiger partial charge in [-0.3, -0.25) is 0 Å². The number of aromatic nitrogens is 4. The average molecular weight is 398 g/mol. The first-order valence-electron chi connectivity index (χ1n) is 10.0. The Hall–Kier alpha value is -2.28. The second-order valence-electron chi connectivity index (χ2n) is 7.25. The van der Waals surface area contributed by atoms with Crippen molar-refractivity contribution in [3.63, 3.8) is 0 Å². The van der Waals surface area contributed by atoms with Gasteiger partial charge in [-0.05, 0) is 62.1 Å². The van der Waals surface area contributed by atoms with Gasteiger partial charge >= 0.3 is 0 Å². The van der Waals surface area contributed by atoms with Crippen molar-refractivity contribution in [3.8, 4) is 5.75 Å². The van der Waals surface area contributed by atoms with E-state index >= 15 is 0 Å². The Morgan fingerprint density at radius 1 is 1.18 bits per heavy atom. The van der Waals surface area contributed by atoms with Gasteiger partial charge in [-0.25, -0.2) is 4.98 Å². The number of piperidine rings is 1. The van der Waals surface area contributed by atoms with Crippen LogP contribution in [0.15, 0.2) is 35.5 Å². The maximum atomic E-state index is 6.02. The smallest absolute Gasteiger partial charge is 0.166 e. The third-order valence-corrected chi connectivity index (χ3v) is 5.99. The highest BCUT2D eigenvalue weighted by atomic mass is 32.2. The third kappa shape index (κ3) is 4.58. The van der Waals surface area contributed by atoms with E-state index in [4.69, 9.17) is 4.74 Å². The summed E-state index contributed by atoms with van der Waals surface area (Å²) in [6.45, 7) is 6.94. The van der Waals surface area contributed by atoms with Crippen LogP contribution in [0.2, 0.25) is 0 Å². The minimum absolute atomic E-state index is 0.707. The summed E-state index contributed by atoms with van der Waals surface area (Å²) >= 11 is 1.72. The fourth-order valence-corrected chi connectivity index (χ4v) is 4.23. The zero-order valence-corrected chi connectivity index (χ0v) is 17.3. The molecule has 7 heteroatoms. The molecule has 4 rings (SSSR count). The predicted octanol–water partition coefficient (Wildman–Crippen LogP) is 4.46. The Kier molecular flexibility index (Phi) is 6.00. The number of thioether (sulfide) groups is 1. The molecular formula is C21H27N5OS. The highest BCUT2D eigenvalue weighted by Gasteiger charge is 2.20. The molecule has 148 valence electrons. The highest BCUT2D eigenvalue weighted by Crippen LogP contribution is 2.26. The molecule has 2 aromatic heterocycles. The van der Waals surface area contributed by atoms with Crippen LogP contribution in [0.1, 0.15) is 31.9 Å². The van der Waals surface area contributed by atoms with Gasteiger partial charge in [-0.15, -0.1) is 5.10 Å². The Balaban J connectivity index is 1.24. The van der Waals surface area contributed by atoms with Gasteiger partial charge in [-0.2, -0.15) is 5.10 Å². The number of hydrogen-bond acceptors (Lipinski definition) is 6. The number of aromatic amines is 1. The van der Waals surface area contributed by atoms with Crippen molar-refractivity contribution in [2.24, 2.45) is 5.92 Å². The van der Waals surface area contributed by atoms with Crippen LogP contribution in [0, 0.1) is 12.8 Å². The topological polar surface area (TPSA) is 66.9 Å². The number of fused-ring (bicyclic) bond motifs is 1. The number of nitrogens with one attached hydrogen (secondary N) is 1. The number of anilines is 1. The average Bonchev–Trinajstić information content (AvgIpc) is 3.11. The molecule has 1 aromatic carbocycles. The minimum atomic E-state index is 0.707. The lowest BCUT2D eigenvalue weighted by atomic mass is 9.94. The molecule has 0 spiro atoms. The zero-order valence-electron chi connectivity index (χ0n) is 16.5. The molecule has 1 saturated heterocycles. The lowest BCUT2D eigenvalue weighted by Gasteiger charge is -2.32. The van der Waals surface area contributed by atoms with Crippen LogP contribution in [0.3, 0.4) is 0 Å².